The highest BCUT2D eigenvalue weighted by molar-refractivity contribution is 7.89. The lowest BCUT2D eigenvalue weighted by Crippen LogP contribution is -2.25. The second-order valence-corrected chi connectivity index (χ2v) is 5.82. The van der Waals surface area contributed by atoms with Gasteiger partial charge in [-0.1, -0.05) is 12.2 Å². The van der Waals surface area contributed by atoms with Crippen LogP contribution in [-0.4, -0.2) is 20.9 Å². The van der Waals surface area contributed by atoms with Gasteiger partial charge in [0, 0.05) is 19.2 Å². The molecule has 0 aliphatic rings. The summed E-state index contributed by atoms with van der Waals surface area (Å²) in [6.07, 6.45) is 4.14. The molecule has 0 aliphatic carbocycles. The van der Waals surface area contributed by atoms with Gasteiger partial charge in [-0.15, -0.1) is 0 Å². The third-order valence-corrected chi connectivity index (χ3v) is 3.87. The van der Waals surface area contributed by atoms with E-state index in [1.165, 1.54) is 13.0 Å². The van der Waals surface area contributed by atoms with E-state index < -0.39 is 20.7 Å². The molecule has 0 aliphatic heterocycles. The molecule has 7 heteroatoms. The lowest BCUT2D eigenvalue weighted by Gasteiger charge is -2.08. The minimum atomic E-state index is -3.89. The maximum atomic E-state index is 13.8. The Balaban J connectivity index is 2.87. The summed E-state index contributed by atoms with van der Waals surface area (Å²) in [5, 5.41) is 2.38. The zero-order valence-electron chi connectivity index (χ0n) is 11.3. The van der Waals surface area contributed by atoms with Crippen molar-refractivity contribution in [2.45, 2.75) is 25.2 Å². The maximum absolute atomic E-state index is 13.8. The van der Waals surface area contributed by atoms with E-state index in [-0.39, 0.29) is 18.1 Å². The first-order chi connectivity index (χ1) is 9.36. The lowest BCUT2D eigenvalue weighted by atomic mass is 10.3. The lowest BCUT2D eigenvalue weighted by molar-refractivity contribution is -0.114. The number of nitrogens with one attached hydrogen (secondary N) is 2. The maximum Gasteiger partial charge on any atom is 0.243 e. The molecule has 0 spiro atoms. The largest absolute Gasteiger partial charge is 0.326 e. The molecule has 1 rings (SSSR count). The number of sulfonamides is 1. The summed E-state index contributed by atoms with van der Waals surface area (Å²) in [7, 11) is -3.89. The SMILES string of the molecule is C/C=C/CCNS(=O)(=O)c1ccc(NC(C)=O)cc1F. The molecule has 0 saturated heterocycles. The molecule has 1 aromatic rings. The van der Waals surface area contributed by atoms with Gasteiger partial charge in [-0.3, -0.25) is 4.79 Å². The summed E-state index contributed by atoms with van der Waals surface area (Å²) in [6, 6.07) is 3.44. The van der Waals surface area contributed by atoms with Crippen molar-refractivity contribution in [3.8, 4) is 0 Å². The van der Waals surface area contributed by atoms with Crippen LogP contribution in [0, 0.1) is 5.82 Å². The summed E-state index contributed by atoms with van der Waals surface area (Å²) in [4.78, 5) is 10.4. The highest BCUT2D eigenvalue weighted by Gasteiger charge is 2.18. The van der Waals surface area contributed by atoms with E-state index in [0.29, 0.717) is 6.42 Å². The third kappa shape index (κ3) is 4.75. The van der Waals surface area contributed by atoms with E-state index in [1.54, 1.807) is 12.2 Å². The molecule has 0 unspecified atom stereocenters. The van der Waals surface area contributed by atoms with Crippen LogP contribution in [0.5, 0.6) is 0 Å². The van der Waals surface area contributed by atoms with Gasteiger partial charge in [0.2, 0.25) is 15.9 Å². The van der Waals surface area contributed by atoms with Crippen LogP contribution >= 0.6 is 0 Å². The summed E-state index contributed by atoms with van der Waals surface area (Å²) in [5.41, 5.74) is 0.211. The van der Waals surface area contributed by atoms with Gasteiger partial charge < -0.3 is 5.32 Å². The van der Waals surface area contributed by atoms with Crippen LogP contribution in [0.1, 0.15) is 20.3 Å². The molecular formula is C13H17FN2O3S. The highest BCUT2D eigenvalue weighted by Crippen LogP contribution is 2.18. The molecule has 2 N–H and O–H groups in total. The summed E-state index contributed by atoms with van der Waals surface area (Å²) in [5.74, 6) is -1.26. The Morgan fingerprint density at radius 1 is 1.40 bits per heavy atom. The number of rotatable bonds is 6. The fourth-order valence-corrected chi connectivity index (χ4v) is 2.63. The normalized spacial score (nSPS) is 11.8. The molecule has 1 amide bonds. The third-order valence-electron chi connectivity index (χ3n) is 2.38. The zero-order chi connectivity index (χ0) is 15.2. The number of halogens is 1. The van der Waals surface area contributed by atoms with Gasteiger partial charge in [0.15, 0.2) is 0 Å². The summed E-state index contributed by atoms with van der Waals surface area (Å²) < 4.78 is 39.9. The number of carbonyl (C=O) groups excluding carboxylic acids is 1. The minimum absolute atomic E-state index is 0.194. The number of hydrogen-bond donors (Lipinski definition) is 2. The number of hydrogen-bond acceptors (Lipinski definition) is 3. The zero-order valence-corrected chi connectivity index (χ0v) is 12.1. The average molecular weight is 300 g/mol. The van der Waals surface area contributed by atoms with Gasteiger partial charge in [0.05, 0.1) is 0 Å². The Morgan fingerprint density at radius 3 is 2.65 bits per heavy atom. The van der Waals surface area contributed by atoms with E-state index in [1.807, 2.05) is 6.92 Å². The minimum Gasteiger partial charge on any atom is -0.326 e. The second kappa shape index (κ2) is 7.16. The van der Waals surface area contributed by atoms with Gasteiger partial charge in [-0.2, -0.15) is 0 Å². The van der Waals surface area contributed by atoms with E-state index in [4.69, 9.17) is 0 Å². The molecule has 0 aromatic heterocycles. The quantitative estimate of drug-likeness (QED) is 0.623. The van der Waals surface area contributed by atoms with Crippen LogP contribution in [0.4, 0.5) is 10.1 Å². The van der Waals surface area contributed by atoms with Crippen LogP contribution in [0.15, 0.2) is 35.2 Å². The molecule has 0 heterocycles. The molecule has 0 saturated carbocycles. The van der Waals surface area contributed by atoms with Gasteiger partial charge >= 0.3 is 0 Å². The number of anilines is 1. The summed E-state index contributed by atoms with van der Waals surface area (Å²) in [6.45, 7) is 3.31. The second-order valence-electron chi connectivity index (χ2n) is 4.08. The Bertz CT molecular complexity index is 612. The first-order valence-corrected chi connectivity index (χ1v) is 7.53. The van der Waals surface area contributed by atoms with Crippen molar-refractivity contribution in [3.05, 3.63) is 36.2 Å². The number of allylic oxidation sites excluding steroid dienone is 1. The van der Waals surface area contributed by atoms with Crippen molar-refractivity contribution in [1.82, 2.24) is 4.72 Å². The van der Waals surface area contributed by atoms with Crippen molar-refractivity contribution in [2.75, 3.05) is 11.9 Å². The molecule has 5 nitrogen and oxygen atoms in total. The molecule has 1 aromatic carbocycles. The topological polar surface area (TPSA) is 75.3 Å². The molecule has 0 bridgehead atoms. The fraction of sp³-hybridized carbons (Fsp3) is 0.308. The van der Waals surface area contributed by atoms with Crippen molar-refractivity contribution in [2.24, 2.45) is 0 Å². The van der Waals surface area contributed by atoms with Crippen LogP contribution in [-0.2, 0) is 14.8 Å². The molecule has 0 radical (unpaired) electrons. The van der Waals surface area contributed by atoms with Crippen molar-refractivity contribution < 1.29 is 17.6 Å². The monoisotopic (exact) mass is 300 g/mol. The molecule has 20 heavy (non-hydrogen) atoms. The molecule has 0 fully saturated rings. The molecule has 110 valence electrons. The van der Waals surface area contributed by atoms with Gasteiger partial charge in [-0.25, -0.2) is 17.5 Å². The predicted molar refractivity (Wildman–Crippen MR) is 75.3 cm³/mol. The average Bonchev–Trinajstić information content (AvgIpc) is 2.33. The predicted octanol–water partition coefficient (Wildman–Crippen LogP) is 2.03. The first kappa shape index (κ1) is 16.3. The standard InChI is InChI=1S/C13H17FN2O3S/c1-3-4-5-8-15-20(18,19)13-7-6-11(9-12(13)14)16-10(2)17/h3-4,6-7,9,15H,5,8H2,1-2H3,(H,16,17)/b4-3+. The van der Waals surface area contributed by atoms with Crippen molar-refractivity contribution >= 4 is 21.6 Å². The number of amides is 1. The van der Waals surface area contributed by atoms with Crippen molar-refractivity contribution in [1.29, 1.82) is 0 Å². The Labute approximate surface area is 117 Å². The van der Waals surface area contributed by atoms with Crippen LogP contribution < -0.4 is 10.0 Å². The number of carbonyl (C=O) groups is 1. The van der Waals surface area contributed by atoms with Gasteiger partial charge in [-0.05, 0) is 31.5 Å². The van der Waals surface area contributed by atoms with Crippen LogP contribution in [0.2, 0.25) is 0 Å². The Morgan fingerprint density at radius 2 is 2.10 bits per heavy atom. The number of benzene rings is 1. The Kier molecular flexibility index (Phi) is 5.84. The molecular weight excluding hydrogens is 283 g/mol. The van der Waals surface area contributed by atoms with E-state index in [2.05, 4.69) is 10.0 Å². The fourth-order valence-electron chi connectivity index (χ4n) is 1.52. The highest BCUT2D eigenvalue weighted by atomic mass is 32.2. The Hall–Kier alpha value is -1.73. The van der Waals surface area contributed by atoms with Crippen LogP contribution in [0.25, 0.3) is 0 Å². The van der Waals surface area contributed by atoms with Crippen molar-refractivity contribution in [3.63, 3.8) is 0 Å². The molecule has 0 atom stereocenters. The van der Waals surface area contributed by atoms with E-state index >= 15 is 0 Å². The van der Waals surface area contributed by atoms with E-state index in [9.17, 15) is 17.6 Å². The van der Waals surface area contributed by atoms with Gasteiger partial charge in [0.1, 0.15) is 10.7 Å². The smallest absolute Gasteiger partial charge is 0.243 e. The van der Waals surface area contributed by atoms with Crippen LogP contribution in [0.3, 0.4) is 0 Å². The summed E-state index contributed by atoms with van der Waals surface area (Å²) >= 11 is 0. The van der Waals surface area contributed by atoms with Gasteiger partial charge in [0.25, 0.3) is 0 Å². The first-order valence-electron chi connectivity index (χ1n) is 6.05. The van der Waals surface area contributed by atoms with E-state index in [0.717, 1.165) is 12.1 Å².